The molecule has 0 saturated heterocycles. The fraction of sp³-hybridized carbons (Fsp3) is 0.714. The van der Waals surface area contributed by atoms with Crippen LogP contribution in [0.2, 0.25) is 0 Å². The zero-order valence-corrected chi connectivity index (χ0v) is 14.7. The van der Waals surface area contributed by atoms with Gasteiger partial charge in [0.25, 0.3) is 0 Å². The van der Waals surface area contributed by atoms with Crippen LogP contribution in [0.3, 0.4) is 0 Å². The summed E-state index contributed by atoms with van der Waals surface area (Å²) in [7, 11) is 0. The molecular weight excluding hydrogens is 390 g/mol. The van der Waals surface area contributed by atoms with Gasteiger partial charge in [-0.05, 0) is 12.5 Å². The zero-order valence-electron chi connectivity index (χ0n) is 13.1. The molecule has 1 aliphatic heterocycles. The summed E-state index contributed by atoms with van der Waals surface area (Å²) >= 11 is 3.24. The summed E-state index contributed by atoms with van der Waals surface area (Å²) in [5.74, 6) is -2.28. The summed E-state index contributed by atoms with van der Waals surface area (Å²) in [4.78, 5) is 22.7. The number of aliphatic hydroxyl groups excluding tert-OH is 3. The lowest BCUT2D eigenvalue weighted by Gasteiger charge is -2.39. The van der Waals surface area contributed by atoms with Crippen LogP contribution in [-0.2, 0) is 19.1 Å². The van der Waals surface area contributed by atoms with Crippen molar-refractivity contribution in [1.29, 1.82) is 0 Å². The molecule has 0 aliphatic carbocycles. The first-order valence-corrected chi connectivity index (χ1v) is 8.47. The normalized spacial score (nSPS) is 26.0. The molecule has 1 rings (SSSR count). The number of alkyl halides is 1. The van der Waals surface area contributed by atoms with Crippen LogP contribution in [0, 0.1) is 0 Å². The first-order valence-electron chi connectivity index (χ1n) is 7.35. The van der Waals surface area contributed by atoms with Gasteiger partial charge in [0, 0.05) is 18.9 Å². The van der Waals surface area contributed by atoms with Crippen molar-refractivity contribution in [2.75, 3.05) is 18.5 Å². The van der Waals surface area contributed by atoms with E-state index in [1.807, 2.05) is 0 Å². The van der Waals surface area contributed by atoms with E-state index in [1.54, 1.807) is 0 Å². The molecule has 9 nitrogen and oxygen atoms in total. The minimum absolute atomic E-state index is 0.279. The molecule has 10 heteroatoms. The van der Waals surface area contributed by atoms with Gasteiger partial charge in [-0.2, -0.15) is 0 Å². The molecule has 0 bridgehead atoms. The Morgan fingerprint density at radius 3 is 2.62 bits per heavy atom. The van der Waals surface area contributed by atoms with Gasteiger partial charge in [-0.15, -0.1) is 0 Å². The first kappa shape index (κ1) is 20.8. The molecule has 1 heterocycles. The third-order valence-corrected chi connectivity index (χ3v) is 3.93. The highest BCUT2D eigenvalue weighted by atomic mass is 79.9. The molecule has 0 unspecified atom stereocenters. The Labute approximate surface area is 147 Å². The average molecular weight is 412 g/mol. The molecule has 0 aromatic rings. The van der Waals surface area contributed by atoms with E-state index in [0.717, 1.165) is 0 Å². The van der Waals surface area contributed by atoms with Crippen molar-refractivity contribution in [3.63, 3.8) is 0 Å². The molecule has 0 fully saturated rings. The topological polar surface area (TPSA) is 146 Å². The highest BCUT2D eigenvalue weighted by molar-refractivity contribution is 9.09. The Balaban J connectivity index is 3.10. The molecule has 0 aromatic heterocycles. The minimum Gasteiger partial charge on any atom is -0.478 e. The minimum atomic E-state index is -1.63. The summed E-state index contributed by atoms with van der Waals surface area (Å²) in [5, 5.41) is 41.2. The zero-order chi connectivity index (χ0) is 18.3. The largest absolute Gasteiger partial charge is 0.478 e. The summed E-state index contributed by atoms with van der Waals surface area (Å²) < 4.78 is 10.8. The summed E-state index contributed by atoms with van der Waals surface area (Å²) in [6.45, 7) is 0.772. The van der Waals surface area contributed by atoms with Crippen LogP contribution in [0.25, 0.3) is 0 Å². The number of hydrogen-bond acceptors (Lipinski definition) is 7. The lowest BCUT2D eigenvalue weighted by molar-refractivity contribution is -0.151. The average Bonchev–Trinajstić information content (AvgIpc) is 2.54. The second kappa shape index (κ2) is 9.94. The summed E-state index contributed by atoms with van der Waals surface area (Å²) in [6.07, 6.45) is -3.53. The van der Waals surface area contributed by atoms with Crippen LogP contribution in [-0.4, -0.2) is 81.3 Å². The number of carboxylic acid groups (broad SMARTS) is 1. The predicted octanol–water partition coefficient (Wildman–Crippen LogP) is -1.26. The quantitative estimate of drug-likeness (QED) is 0.233. The van der Waals surface area contributed by atoms with E-state index in [0.29, 0.717) is 11.8 Å². The van der Waals surface area contributed by atoms with Gasteiger partial charge in [0.05, 0.1) is 12.6 Å². The van der Waals surface area contributed by atoms with Crippen molar-refractivity contribution in [2.24, 2.45) is 0 Å². The van der Waals surface area contributed by atoms with Gasteiger partial charge in [0.1, 0.15) is 18.3 Å². The highest BCUT2D eigenvalue weighted by Crippen LogP contribution is 2.25. The number of carboxylic acids is 1. The number of amides is 1. The second-order valence-corrected chi connectivity index (χ2v) is 6.06. The Morgan fingerprint density at radius 1 is 1.46 bits per heavy atom. The van der Waals surface area contributed by atoms with Crippen molar-refractivity contribution < 1.29 is 39.5 Å². The number of halogens is 1. The molecular formula is C14H22BrNO8. The van der Waals surface area contributed by atoms with Gasteiger partial charge in [-0.1, -0.05) is 15.9 Å². The Morgan fingerprint density at radius 2 is 2.12 bits per heavy atom. The van der Waals surface area contributed by atoms with Crippen LogP contribution < -0.4 is 5.32 Å². The third-order valence-electron chi connectivity index (χ3n) is 3.37. The van der Waals surface area contributed by atoms with E-state index in [4.69, 9.17) is 19.7 Å². The number of aliphatic hydroxyl groups is 3. The predicted molar refractivity (Wildman–Crippen MR) is 85.4 cm³/mol. The standard InChI is InChI=1S/C14H22BrNO8/c1-7(18)16-11-9(23-4-2-3-15)5-10(14(21)22)24-13(11)12(20)8(19)6-17/h5,8-9,11-13,17,19-20H,2-4,6H2,1H3,(H,16,18)(H,21,22)/t8-,9+,11-,12-,13-/m1/s1. The van der Waals surface area contributed by atoms with Crippen molar-refractivity contribution in [2.45, 2.75) is 43.8 Å². The van der Waals surface area contributed by atoms with Gasteiger partial charge in [0.2, 0.25) is 11.7 Å². The molecule has 0 radical (unpaired) electrons. The van der Waals surface area contributed by atoms with Gasteiger partial charge in [-0.3, -0.25) is 4.79 Å². The van der Waals surface area contributed by atoms with E-state index in [2.05, 4.69) is 21.2 Å². The smallest absolute Gasteiger partial charge is 0.370 e. The highest BCUT2D eigenvalue weighted by Gasteiger charge is 2.43. The van der Waals surface area contributed by atoms with E-state index in [9.17, 15) is 19.8 Å². The Kier molecular flexibility index (Phi) is 8.63. The Bertz CT molecular complexity index is 472. The summed E-state index contributed by atoms with van der Waals surface area (Å²) in [6, 6.07) is -0.933. The number of aliphatic carboxylic acids is 1. The van der Waals surface area contributed by atoms with Gasteiger partial charge >= 0.3 is 5.97 Å². The van der Waals surface area contributed by atoms with E-state index in [-0.39, 0.29) is 6.61 Å². The third kappa shape index (κ3) is 5.71. The second-order valence-electron chi connectivity index (χ2n) is 5.26. The molecule has 138 valence electrons. The fourth-order valence-electron chi connectivity index (χ4n) is 2.25. The maximum atomic E-state index is 11.5. The lowest BCUT2D eigenvalue weighted by Crippen LogP contribution is -2.60. The number of carbonyl (C=O) groups excluding carboxylic acids is 1. The van der Waals surface area contributed by atoms with E-state index in [1.165, 1.54) is 13.0 Å². The molecule has 1 aliphatic rings. The first-order chi connectivity index (χ1) is 11.3. The van der Waals surface area contributed by atoms with Crippen molar-refractivity contribution in [3.8, 4) is 0 Å². The number of nitrogens with one attached hydrogen (secondary N) is 1. The van der Waals surface area contributed by atoms with Crippen LogP contribution in [0.5, 0.6) is 0 Å². The van der Waals surface area contributed by atoms with Gasteiger partial charge < -0.3 is 35.2 Å². The van der Waals surface area contributed by atoms with Crippen LogP contribution >= 0.6 is 15.9 Å². The summed E-state index contributed by atoms with van der Waals surface area (Å²) in [5.41, 5.74) is 0. The maximum Gasteiger partial charge on any atom is 0.370 e. The van der Waals surface area contributed by atoms with Crippen LogP contribution in [0.4, 0.5) is 0 Å². The molecule has 0 aromatic carbocycles. The number of carbonyl (C=O) groups is 2. The monoisotopic (exact) mass is 411 g/mol. The number of ether oxygens (including phenoxy) is 2. The Hall–Kier alpha value is -1.20. The molecule has 0 saturated carbocycles. The molecule has 5 N–H and O–H groups in total. The maximum absolute atomic E-state index is 11.5. The van der Waals surface area contributed by atoms with Crippen LogP contribution in [0.15, 0.2) is 11.8 Å². The lowest BCUT2D eigenvalue weighted by atomic mass is 9.93. The van der Waals surface area contributed by atoms with E-state index < -0.39 is 54.7 Å². The van der Waals surface area contributed by atoms with Gasteiger partial charge in [0.15, 0.2) is 6.10 Å². The van der Waals surface area contributed by atoms with Gasteiger partial charge in [-0.25, -0.2) is 4.79 Å². The van der Waals surface area contributed by atoms with Crippen LogP contribution in [0.1, 0.15) is 13.3 Å². The molecule has 24 heavy (non-hydrogen) atoms. The SMILES string of the molecule is CC(=O)N[C@H]1[C@H]([C@H](O)[C@H](O)CO)OC(C(=O)O)=C[C@@H]1OCCCBr. The molecule has 5 atom stereocenters. The number of rotatable bonds is 9. The molecule has 0 spiro atoms. The molecule has 1 amide bonds. The fourth-order valence-corrected chi connectivity index (χ4v) is 2.48. The van der Waals surface area contributed by atoms with Crippen molar-refractivity contribution >= 4 is 27.8 Å². The van der Waals surface area contributed by atoms with Crippen molar-refractivity contribution in [1.82, 2.24) is 5.32 Å². The van der Waals surface area contributed by atoms with Crippen molar-refractivity contribution in [3.05, 3.63) is 11.8 Å². The number of hydrogen-bond donors (Lipinski definition) is 5. The van der Waals surface area contributed by atoms with E-state index >= 15 is 0 Å².